The highest BCUT2D eigenvalue weighted by molar-refractivity contribution is 7.94. The van der Waals surface area contributed by atoms with Crippen LogP contribution in [0.5, 0.6) is 5.75 Å². The van der Waals surface area contributed by atoms with Gasteiger partial charge in [0.05, 0.1) is 17.6 Å². The fourth-order valence-electron chi connectivity index (χ4n) is 3.22. The number of carbonyl (C=O) groups is 1. The number of hydrogen-bond acceptors (Lipinski definition) is 6. The predicted molar refractivity (Wildman–Crippen MR) is 132 cm³/mol. The Hall–Kier alpha value is -3.63. The smallest absolute Gasteiger partial charge is 0.273 e. The molecule has 0 fully saturated rings. The summed E-state index contributed by atoms with van der Waals surface area (Å²) in [6.07, 6.45) is 3.62. The molecule has 4 rings (SSSR count). The van der Waals surface area contributed by atoms with Crippen molar-refractivity contribution in [1.82, 2.24) is 14.7 Å². The summed E-state index contributed by atoms with van der Waals surface area (Å²) in [5.74, 6) is 0.290. The molecule has 2 aromatic carbocycles. The zero-order chi connectivity index (χ0) is 24.1. The van der Waals surface area contributed by atoms with Gasteiger partial charge in [0.2, 0.25) is 0 Å². The second-order valence-electron chi connectivity index (χ2n) is 7.57. The van der Waals surface area contributed by atoms with Crippen molar-refractivity contribution in [3.63, 3.8) is 0 Å². The van der Waals surface area contributed by atoms with Crippen molar-refractivity contribution in [3.05, 3.63) is 90.1 Å². The fourth-order valence-corrected chi connectivity index (χ4v) is 5.57. The van der Waals surface area contributed by atoms with Gasteiger partial charge in [-0.25, -0.2) is 13.1 Å². The predicted octanol–water partition coefficient (Wildman–Crippen LogP) is 3.80. The Morgan fingerprint density at radius 3 is 2.44 bits per heavy atom. The van der Waals surface area contributed by atoms with E-state index in [0.29, 0.717) is 18.0 Å². The van der Waals surface area contributed by atoms with Gasteiger partial charge in [0.15, 0.2) is 6.61 Å². The number of aromatic nitrogens is 2. The molecule has 0 bridgehead atoms. The van der Waals surface area contributed by atoms with Crippen LogP contribution in [-0.4, -0.2) is 49.7 Å². The molecule has 0 atom stereocenters. The van der Waals surface area contributed by atoms with E-state index in [4.69, 9.17) is 4.74 Å². The molecule has 0 aliphatic heterocycles. The Kier molecular flexibility index (Phi) is 6.99. The Morgan fingerprint density at radius 1 is 1.03 bits per heavy atom. The third kappa shape index (κ3) is 5.29. The molecule has 2 aromatic heterocycles. The summed E-state index contributed by atoms with van der Waals surface area (Å²) in [6.45, 7) is 0.269. The zero-order valence-corrected chi connectivity index (χ0v) is 20.4. The highest BCUT2D eigenvalue weighted by Gasteiger charge is 2.22. The number of ether oxygens (including phenoxy) is 1. The van der Waals surface area contributed by atoms with Crippen LogP contribution in [0.25, 0.3) is 5.69 Å². The molecule has 0 aliphatic carbocycles. The Labute approximate surface area is 202 Å². The lowest BCUT2D eigenvalue weighted by atomic mass is 10.3. The number of likely N-dealkylation sites (N-methyl/N-ethyl adjacent to an activating group) is 1. The molecule has 0 spiro atoms. The molecule has 0 unspecified atom stereocenters. The molecule has 34 heavy (non-hydrogen) atoms. The third-order valence-electron chi connectivity index (χ3n) is 5.17. The van der Waals surface area contributed by atoms with E-state index in [0.717, 1.165) is 11.3 Å². The Bertz CT molecular complexity index is 1340. The molecule has 10 heteroatoms. The normalized spacial score (nSPS) is 11.2. The first-order valence-corrected chi connectivity index (χ1v) is 12.7. The van der Waals surface area contributed by atoms with Gasteiger partial charge >= 0.3 is 0 Å². The monoisotopic (exact) mass is 496 g/mol. The van der Waals surface area contributed by atoms with Crippen LogP contribution in [0.2, 0.25) is 0 Å². The minimum absolute atomic E-state index is 0.133. The van der Waals surface area contributed by atoms with Crippen LogP contribution in [0.4, 0.5) is 5.69 Å². The summed E-state index contributed by atoms with van der Waals surface area (Å²) in [7, 11) is -0.390. The van der Waals surface area contributed by atoms with Crippen molar-refractivity contribution in [3.8, 4) is 11.4 Å². The van der Waals surface area contributed by atoms with Crippen LogP contribution in [0.1, 0.15) is 5.56 Å². The van der Waals surface area contributed by atoms with Gasteiger partial charge in [-0.05, 0) is 47.8 Å². The van der Waals surface area contributed by atoms with Gasteiger partial charge in [-0.3, -0.25) is 9.10 Å². The van der Waals surface area contributed by atoms with E-state index in [1.807, 2.05) is 36.5 Å². The number of benzene rings is 2. The lowest BCUT2D eigenvalue weighted by Crippen LogP contribution is -2.30. The van der Waals surface area contributed by atoms with Crippen LogP contribution in [0.3, 0.4) is 0 Å². The van der Waals surface area contributed by atoms with E-state index >= 15 is 0 Å². The molecule has 1 amide bonds. The second kappa shape index (κ2) is 10.1. The minimum Gasteiger partial charge on any atom is -0.484 e. The van der Waals surface area contributed by atoms with Crippen LogP contribution < -0.4 is 9.04 Å². The van der Waals surface area contributed by atoms with Crippen LogP contribution in [-0.2, 0) is 21.4 Å². The highest BCUT2D eigenvalue weighted by atomic mass is 32.2. The molecule has 176 valence electrons. The van der Waals surface area contributed by atoms with Gasteiger partial charge in [0.1, 0.15) is 9.96 Å². The number of rotatable bonds is 9. The topological polar surface area (TPSA) is 84.7 Å². The molecule has 0 saturated heterocycles. The lowest BCUT2D eigenvalue weighted by Gasteiger charge is -2.19. The average molecular weight is 497 g/mol. The van der Waals surface area contributed by atoms with Crippen LogP contribution in [0, 0.1) is 0 Å². The third-order valence-corrected chi connectivity index (χ3v) is 8.33. The first kappa shape index (κ1) is 23.5. The Morgan fingerprint density at radius 2 is 1.76 bits per heavy atom. The lowest BCUT2D eigenvalue weighted by molar-refractivity contribution is -0.132. The van der Waals surface area contributed by atoms with Crippen molar-refractivity contribution in [2.24, 2.45) is 0 Å². The zero-order valence-electron chi connectivity index (χ0n) is 18.7. The summed E-state index contributed by atoms with van der Waals surface area (Å²) in [6, 6.07) is 19.6. The molecule has 4 aromatic rings. The van der Waals surface area contributed by atoms with Gasteiger partial charge in [-0.1, -0.05) is 24.3 Å². The highest BCUT2D eigenvalue weighted by Crippen LogP contribution is 2.26. The summed E-state index contributed by atoms with van der Waals surface area (Å²) >= 11 is 1.17. The Balaban J connectivity index is 1.31. The summed E-state index contributed by atoms with van der Waals surface area (Å²) in [5, 5.41) is 6.07. The summed E-state index contributed by atoms with van der Waals surface area (Å²) in [5.41, 5.74) is 2.35. The van der Waals surface area contributed by atoms with E-state index in [1.54, 1.807) is 64.6 Å². The van der Waals surface area contributed by atoms with Crippen molar-refractivity contribution >= 4 is 33.0 Å². The molecule has 0 saturated carbocycles. The number of hydrogen-bond donors (Lipinski definition) is 0. The molecule has 0 aliphatic rings. The molecule has 0 N–H and O–H groups in total. The van der Waals surface area contributed by atoms with Gasteiger partial charge in [0, 0.05) is 32.4 Å². The van der Waals surface area contributed by atoms with Gasteiger partial charge in [-0.15, -0.1) is 11.3 Å². The minimum atomic E-state index is -3.60. The maximum absolute atomic E-state index is 12.6. The van der Waals surface area contributed by atoms with E-state index in [2.05, 4.69) is 5.10 Å². The van der Waals surface area contributed by atoms with Gasteiger partial charge in [0.25, 0.3) is 15.9 Å². The molecule has 0 radical (unpaired) electrons. The molecular formula is C24H24N4O4S2. The maximum Gasteiger partial charge on any atom is 0.273 e. The van der Waals surface area contributed by atoms with Crippen molar-refractivity contribution in [2.75, 3.05) is 25.0 Å². The van der Waals surface area contributed by atoms with Crippen molar-refractivity contribution < 1.29 is 17.9 Å². The van der Waals surface area contributed by atoms with Gasteiger partial charge < -0.3 is 9.64 Å². The molecule has 2 heterocycles. The summed E-state index contributed by atoms with van der Waals surface area (Å²) in [4.78, 5) is 14.1. The van der Waals surface area contributed by atoms with Crippen LogP contribution >= 0.6 is 11.3 Å². The number of thiophene rings is 1. The summed E-state index contributed by atoms with van der Waals surface area (Å²) < 4.78 is 34.2. The first-order chi connectivity index (χ1) is 16.3. The van der Waals surface area contributed by atoms with Gasteiger partial charge in [-0.2, -0.15) is 5.10 Å². The average Bonchev–Trinajstić information content (AvgIpc) is 3.56. The second-order valence-corrected chi connectivity index (χ2v) is 10.7. The SMILES string of the molecule is CN(Cc1cnn(-c2ccccc2)c1)C(=O)COc1ccc(N(C)S(=O)(=O)c2cccs2)cc1. The van der Waals surface area contributed by atoms with E-state index < -0.39 is 10.0 Å². The number of sulfonamides is 1. The van der Waals surface area contributed by atoms with Crippen molar-refractivity contribution in [2.45, 2.75) is 10.8 Å². The van der Waals surface area contributed by atoms with E-state index in [1.165, 1.54) is 22.7 Å². The standard InChI is InChI=1S/C24H24N4O4S2/c1-26(16-19-15-25-28(17-19)21-7-4-3-5-8-21)23(29)18-32-22-12-10-20(11-13-22)27(2)34(30,31)24-9-6-14-33-24/h3-15,17H,16,18H2,1-2H3. The van der Waals surface area contributed by atoms with Crippen molar-refractivity contribution in [1.29, 1.82) is 0 Å². The number of amides is 1. The number of carbonyl (C=O) groups excluding carboxylic acids is 1. The number of para-hydroxylation sites is 1. The van der Waals surface area contributed by atoms with E-state index in [-0.39, 0.29) is 16.7 Å². The first-order valence-electron chi connectivity index (χ1n) is 10.4. The number of nitrogens with zero attached hydrogens (tertiary/aromatic N) is 4. The number of anilines is 1. The fraction of sp³-hybridized carbons (Fsp3) is 0.167. The maximum atomic E-state index is 12.6. The molecular weight excluding hydrogens is 472 g/mol. The molecule has 8 nitrogen and oxygen atoms in total. The van der Waals surface area contributed by atoms with Crippen LogP contribution in [0.15, 0.2) is 88.7 Å². The van der Waals surface area contributed by atoms with E-state index in [9.17, 15) is 13.2 Å². The quantitative estimate of drug-likeness (QED) is 0.352. The largest absolute Gasteiger partial charge is 0.484 e.